The summed E-state index contributed by atoms with van der Waals surface area (Å²) in [4.78, 5) is 26.5. The number of ether oxygens (including phenoxy) is 1. The lowest BCUT2D eigenvalue weighted by Gasteiger charge is -2.10. The van der Waals surface area contributed by atoms with Gasteiger partial charge in [0.05, 0.1) is 18.7 Å². The number of nitrogens with zero attached hydrogens (tertiary/aromatic N) is 1. The normalized spacial score (nSPS) is 10.6. The van der Waals surface area contributed by atoms with E-state index in [1.807, 2.05) is 27.9 Å². The summed E-state index contributed by atoms with van der Waals surface area (Å²) in [5.41, 5.74) is 1.33. The van der Waals surface area contributed by atoms with E-state index in [4.69, 9.17) is 4.74 Å². The second-order valence-electron chi connectivity index (χ2n) is 4.49. The van der Waals surface area contributed by atoms with E-state index < -0.39 is 0 Å². The largest absolute Gasteiger partial charge is 0.462 e. The minimum Gasteiger partial charge on any atom is -0.462 e. The van der Waals surface area contributed by atoms with Crippen LogP contribution in [0.4, 0.5) is 5.00 Å². The smallest absolute Gasteiger partial charge is 0.341 e. The number of carbonyl (C=O) groups is 2. The number of thiophene rings is 1. The molecule has 19 heavy (non-hydrogen) atoms. The van der Waals surface area contributed by atoms with Crippen molar-refractivity contribution in [2.24, 2.45) is 0 Å². The van der Waals surface area contributed by atoms with Crippen LogP contribution in [0.15, 0.2) is 0 Å². The second-order valence-corrected chi connectivity index (χ2v) is 5.72. The molecule has 0 bridgehead atoms. The number of esters is 1. The van der Waals surface area contributed by atoms with Crippen LogP contribution in [-0.4, -0.2) is 44.0 Å². The number of anilines is 1. The van der Waals surface area contributed by atoms with Gasteiger partial charge in [-0.05, 0) is 40.4 Å². The van der Waals surface area contributed by atoms with E-state index in [2.05, 4.69) is 5.32 Å². The molecule has 0 aliphatic carbocycles. The quantitative estimate of drug-likeness (QED) is 0.841. The topological polar surface area (TPSA) is 58.6 Å². The fourth-order valence-electron chi connectivity index (χ4n) is 1.62. The minimum atomic E-state index is -0.385. The van der Waals surface area contributed by atoms with Crippen LogP contribution in [0, 0.1) is 13.8 Å². The number of carbonyl (C=O) groups excluding carboxylic acids is 2. The highest BCUT2D eigenvalue weighted by Gasteiger charge is 2.21. The third-order valence-corrected chi connectivity index (χ3v) is 3.70. The molecule has 1 rings (SSSR count). The standard InChI is InChI=1S/C13H20N2O3S/c1-6-18-13(17)11-8(2)9(3)19-12(11)14-10(16)7-15(4)5/h6-7H2,1-5H3,(H,14,16). The molecule has 0 saturated carbocycles. The molecular formula is C13H20N2O3S. The summed E-state index contributed by atoms with van der Waals surface area (Å²) < 4.78 is 5.03. The van der Waals surface area contributed by atoms with Crippen molar-refractivity contribution in [2.75, 3.05) is 32.6 Å². The van der Waals surface area contributed by atoms with Gasteiger partial charge in [0.1, 0.15) is 5.00 Å². The van der Waals surface area contributed by atoms with Crippen LogP contribution in [0.5, 0.6) is 0 Å². The van der Waals surface area contributed by atoms with Gasteiger partial charge in [0.25, 0.3) is 0 Å². The first-order valence-electron chi connectivity index (χ1n) is 6.08. The highest BCUT2D eigenvalue weighted by molar-refractivity contribution is 7.16. The first kappa shape index (κ1) is 15.7. The number of nitrogens with one attached hydrogen (secondary N) is 1. The highest BCUT2D eigenvalue weighted by Crippen LogP contribution is 2.32. The van der Waals surface area contributed by atoms with Crippen molar-refractivity contribution in [3.05, 3.63) is 16.0 Å². The molecule has 0 atom stereocenters. The number of amides is 1. The van der Waals surface area contributed by atoms with Crippen molar-refractivity contribution < 1.29 is 14.3 Å². The highest BCUT2D eigenvalue weighted by atomic mass is 32.1. The van der Waals surface area contributed by atoms with E-state index in [0.717, 1.165) is 10.4 Å². The zero-order chi connectivity index (χ0) is 14.6. The van der Waals surface area contributed by atoms with Gasteiger partial charge in [0, 0.05) is 4.88 Å². The maximum Gasteiger partial charge on any atom is 0.341 e. The fraction of sp³-hybridized carbons (Fsp3) is 0.538. The molecule has 1 aromatic rings. The number of hydrogen-bond donors (Lipinski definition) is 1. The van der Waals surface area contributed by atoms with Gasteiger partial charge >= 0.3 is 5.97 Å². The fourth-order valence-corrected chi connectivity index (χ4v) is 2.68. The molecule has 0 unspecified atom stereocenters. The molecule has 1 heterocycles. The molecule has 0 aliphatic heterocycles. The summed E-state index contributed by atoms with van der Waals surface area (Å²) in [6, 6.07) is 0. The van der Waals surface area contributed by atoms with Gasteiger partial charge in [0.15, 0.2) is 0 Å². The Kier molecular flexibility index (Phi) is 5.50. The van der Waals surface area contributed by atoms with E-state index in [1.54, 1.807) is 11.8 Å². The van der Waals surface area contributed by atoms with E-state index in [9.17, 15) is 9.59 Å². The van der Waals surface area contributed by atoms with Crippen molar-refractivity contribution in [1.29, 1.82) is 0 Å². The molecule has 1 amide bonds. The number of likely N-dealkylation sites (N-methyl/N-ethyl adjacent to an activating group) is 1. The summed E-state index contributed by atoms with van der Waals surface area (Å²) >= 11 is 1.40. The van der Waals surface area contributed by atoms with Crippen LogP contribution in [-0.2, 0) is 9.53 Å². The molecule has 0 aliphatic rings. The van der Waals surface area contributed by atoms with Gasteiger partial charge in [-0.3, -0.25) is 4.79 Å². The maximum atomic E-state index is 11.9. The lowest BCUT2D eigenvalue weighted by Crippen LogP contribution is -2.27. The Hall–Kier alpha value is -1.40. The summed E-state index contributed by atoms with van der Waals surface area (Å²) in [5, 5.41) is 3.35. The zero-order valence-electron chi connectivity index (χ0n) is 12.0. The van der Waals surface area contributed by atoms with Crippen LogP contribution in [0.3, 0.4) is 0 Å². The van der Waals surface area contributed by atoms with Crippen LogP contribution >= 0.6 is 11.3 Å². The van der Waals surface area contributed by atoms with Gasteiger partial charge in [-0.2, -0.15) is 0 Å². The molecule has 0 radical (unpaired) electrons. The zero-order valence-corrected chi connectivity index (χ0v) is 12.8. The Morgan fingerprint density at radius 1 is 1.32 bits per heavy atom. The first-order valence-corrected chi connectivity index (χ1v) is 6.90. The average molecular weight is 284 g/mol. The van der Waals surface area contributed by atoms with Gasteiger partial charge in [0.2, 0.25) is 5.91 Å². The van der Waals surface area contributed by atoms with Crippen LogP contribution < -0.4 is 5.32 Å². The number of rotatable bonds is 5. The van der Waals surface area contributed by atoms with Crippen molar-refractivity contribution >= 4 is 28.2 Å². The van der Waals surface area contributed by atoms with Gasteiger partial charge in [-0.15, -0.1) is 11.3 Å². The summed E-state index contributed by atoms with van der Waals surface area (Å²) in [5.74, 6) is -0.527. The Balaban J connectivity index is 2.97. The van der Waals surface area contributed by atoms with E-state index in [0.29, 0.717) is 17.2 Å². The SMILES string of the molecule is CCOC(=O)c1c(NC(=O)CN(C)C)sc(C)c1C. The lowest BCUT2D eigenvalue weighted by molar-refractivity contribution is -0.116. The van der Waals surface area contributed by atoms with E-state index >= 15 is 0 Å². The monoisotopic (exact) mass is 284 g/mol. The summed E-state index contributed by atoms with van der Waals surface area (Å²) in [6.07, 6.45) is 0. The molecule has 1 aromatic heterocycles. The van der Waals surface area contributed by atoms with Gasteiger partial charge in [-0.25, -0.2) is 4.79 Å². The Labute approximate surface area is 117 Å². The van der Waals surface area contributed by atoms with Crippen molar-refractivity contribution in [1.82, 2.24) is 4.90 Å². The van der Waals surface area contributed by atoms with Crippen LogP contribution in [0.25, 0.3) is 0 Å². The molecular weight excluding hydrogens is 264 g/mol. The van der Waals surface area contributed by atoms with Crippen LogP contribution in [0.2, 0.25) is 0 Å². The predicted octanol–water partition coefficient (Wildman–Crippen LogP) is 2.04. The Morgan fingerprint density at radius 3 is 2.47 bits per heavy atom. The lowest BCUT2D eigenvalue weighted by atomic mass is 10.1. The molecule has 1 N–H and O–H groups in total. The number of hydrogen-bond acceptors (Lipinski definition) is 5. The van der Waals surface area contributed by atoms with Crippen molar-refractivity contribution in [3.8, 4) is 0 Å². The average Bonchev–Trinajstić information content (AvgIpc) is 2.53. The molecule has 0 fully saturated rings. The van der Waals surface area contributed by atoms with E-state index in [-0.39, 0.29) is 18.4 Å². The number of aryl methyl sites for hydroxylation is 1. The van der Waals surface area contributed by atoms with Gasteiger partial charge < -0.3 is 15.0 Å². The molecule has 0 saturated heterocycles. The van der Waals surface area contributed by atoms with E-state index in [1.165, 1.54) is 11.3 Å². The van der Waals surface area contributed by atoms with Crippen LogP contribution in [0.1, 0.15) is 27.7 Å². The first-order chi connectivity index (χ1) is 8.86. The second kappa shape index (κ2) is 6.68. The molecule has 106 valence electrons. The molecule has 6 heteroatoms. The maximum absolute atomic E-state index is 11.9. The molecule has 5 nitrogen and oxygen atoms in total. The van der Waals surface area contributed by atoms with Gasteiger partial charge in [-0.1, -0.05) is 0 Å². The predicted molar refractivity (Wildman–Crippen MR) is 76.9 cm³/mol. The summed E-state index contributed by atoms with van der Waals surface area (Å²) in [6.45, 7) is 6.14. The Morgan fingerprint density at radius 2 is 1.95 bits per heavy atom. The van der Waals surface area contributed by atoms with Crippen molar-refractivity contribution in [2.45, 2.75) is 20.8 Å². The third-order valence-electron chi connectivity index (χ3n) is 2.58. The molecule has 0 spiro atoms. The molecule has 0 aromatic carbocycles. The summed E-state index contributed by atoms with van der Waals surface area (Å²) in [7, 11) is 3.63. The third kappa shape index (κ3) is 4.04. The Bertz CT molecular complexity index is 480. The van der Waals surface area contributed by atoms with Crippen molar-refractivity contribution in [3.63, 3.8) is 0 Å². The minimum absolute atomic E-state index is 0.142.